The van der Waals surface area contributed by atoms with E-state index in [4.69, 9.17) is 9.47 Å². The van der Waals surface area contributed by atoms with Crippen LogP contribution in [0, 0.1) is 0 Å². The van der Waals surface area contributed by atoms with Gasteiger partial charge < -0.3 is 9.47 Å². The van der Waals surface area contributed by atoms with Crippen molar-refractivity contribution in [3.63, 3.8) is 0 Å². The van der Waals surface area contributed by atoms with Crippen molar-refractivity contribution < 1.29 is 14.3 Å². The highest BCUT2D eigenvalue weighted by molar-refractivity contribution is 5.91. The van der Waals surface area contributed by atoms with Crippen molar-refractivity contribution in [2.45, 2.75) is 65.2 Å². The van der Waals surface area contributed by atoms with Crippen LogP contribution in [0.2, 0.25) is 0 Å². The van der Waals surface area contributed by atoms with Crippen molar-refractivity contribution in [3.05, 3.63) is 89.5 Å². The molecule has 0 spiro atoms. The molecular weight excluding hydrogens is 434 g/mol. The molecule has 0 saturated heterocycles. The van der Waals surface area contributed by atoms with Crippen LogP contribution in [0.4, 0.5) is 5.69 Å². The minimum absolute atomic E-state index is 0.0578. The lowest BCUT2D eigenvalue weighted by atomic mass is 9.87. The molecule has 3 aromatic carbocycles. The second-order valence-electron chi connectivity index (χ2n) is 9.80. The van der Waals surface area contributed by atoms with Gasteiger partial charge in [0.15, 0.2) is 0 Å². The average Bonchev–Trinajstić information content (AvgIpc) is 2.85. The second-order valence-corrected chi connectivity index (χ2v) is 9.80. The van der Waals surface area contributed by atoms with E-state index >= 15 is 0 Å². The fourth-order valence-corrected chi connectivity index (χ4v) is 3.57. The quantitative estimate of drug-likeness (QED) is 0.122. The van der Waals surface area contributed by atoms with Gasteiger partial charge in [-0.15, -0.1) is 0 Å². The van der Waals surface area contributed by atoms with Crippen molar-refractivity contribution in [1.29, 1.82) is 0 Å². The van der Waals surface area contributed by atoms with Gasteiger partial charge in [0.2, 0.25) is 0 Å². The van der Waals surface area contributed by atoms with Gasteiger partial charge in [0, 0.05) is 6.21 Å². The largest absolute Gasteiger partial charge is 0.494 e. The normalized spacial score (nSPS) is 11.5. The van der Waals surface area contributed by atoms with E-state index in [9.17, 15) is 4.79 Å². The molecule has 3 rings (SSSR count). The van der Waals surface area contributed by atoms with Gasteiger partial charge in [-0.1, -0.05) is 65.5 Å². The summed E-state index contributed by atoms with van der Waals surface area (Å²) in [5.41, 5.74) is 3.49. The number of benzene rings is 3. The van der Waals surface area contributed by atoms with Crippen LogP contribution >= 0.6 is 0 Å². The molecule has 0 aliphatic rings. The smallest absolute Gasteiger partial charge is 0.343 e. The number of carbonyl (C=O) groups excluding carboxylic acids is 1. The van der Waals surface area contributed by atoms with Gasteiger partial charge in [0.05, 0.1) is 17.9 Å². The molecule has 4 heteroatoms. The Balaban J connectivity index is 1.48. The van der Waals surface area contributed by atoms with Gasteiger partial charge in [-0.3, -0.25) is 4.99 Å². The molecule has 4 nitrogen and oxygen atoms in total. The monoisotopic (exact) mass is 471 g/mol. The van der Waals surface area contributed by atoms with Gasteiger partial charge in [-0.25, -0.2) is 4.79 Å². The number of aliphatic imine (C=N–C) groups is 1. The lowest BCUT2D eigenvalue weighted by molar-refractivity contribution is 0.0734. The fourth-order valence-electron chi connectivity index (χ4n) is 3.57. The zero-order chi connectivity index (χ0) is 25.1. The zero-order valence-electron chi connectivity index (χ0n) is 21.4. The summed E-state index contributed by atoms with van der Waals surface area (Å²) in [4.78, 5) is 17.0. The van der Waals surface area contributed by atoms with Crippen molar-refractivity contribution in [2.75, 3.05) is 6.61 Å². The average molecular weight is 472 g/mol. The highest BCUT2D eigenvalue weighted by atomic mass is 16.5. The van der Waals surface area contributed by atoms with Crippen molar-refractivity contribution in [2.24, 2.45) is 4.99 Å². The van der Waals surface area contributed by atoms with E-state index in [0.29, 0.717) is 11.3 Å². The molecule has 0 amide bonds. The summed E-state index contributed by atoms with van der Waals surface area (Å²) in [7, 11) is 0. The number of esters is 1. The number of unbranched alkanes of at least 4 members (excludes halogenated alkanes) is 4. The van der Waals surface area contributed by atoms with Gasteiger partial charge in [0.25, 0.3) is 0 Å². The van der Waals surface area contributed by atoms with Gasteiger partial charge in [-0.05, 0) is 83.6 Å². The molecule has 0 N–H and O–H groups in total. The lowest BCUT2D eigenvalue weighted by Gasteiger charge is -2.19. The summed E-state index contributed by atoms with van der Waals surface area (Å²) in [5, 5.41) is 0. The van der Waals surface area contributed by atoms with E-state index in [1.807, 2.05) is 60.7 Å². The zero-order valence-corrected chi connectivity index (χ0v) is 21.4. The third kappa shape index (κ3) is 8.71. The van der Waals surface area contributed by atoms with E-state index in [-0.39, 0.29) is 11.4 Å². The van der Waals surface area contributed by atoms with Crippen LogP contribution in [-0.4, -0.2) is 18.8 Å². The topological polar surface area (TPSA) is 47.9 Å². The van der Waals surface area contributed by atoms with Crippen molar-refractivity contribution in [3.8, 4) is 11.5 Å². The molecule has 0 atom stereocenters. The van der Waals surface area contributed by atoms with E-state index in [1.165, 1.54) is 31.2 Å². The van der Waals surface area contributed by atoms with Crippen molar-refractivity contribution in [1.82, 2.24) is 0 Å². The van der Waals surface area contributed by atoms with Crippen LogP contribution in [0.3, 0.4) is 0 Å². The summed E-state index contributed by atoms with van der Waals surface area (Å²) in [5.74, 6) is 1.03. The molecule has 0 radical (unpaired) electrons. The Morgan fingerprint density at radius 3 is 2.06 bits per heavy atom. The molecule has 0 aliphatic heterocycles. The predicted octanol–water partition coefficient (Wildman–Crippen LogP) is 8.30. The number of ether oxygens (including phenoxy) is 2. The van der Waals surface area contributed by atoms with Crippen molar-refractivity contribution >= 4 is 17.9 Å². The van der Waals surface area contributed by atoms with Crippen LogP contribution in [0.15, 0.2) is 77.8 Å². The maximum absolute atomic E-state index is 12.5. The number of nitrogens with zero attached hydrogens (tertiary/aromatic N) is 1. The van der Waals surface area contributed by atoms with Crippen LogP contribution in [0.25, 0.3) is 0 Å². The van der Waals surface area contributed by atoms with Gasteiger partial charge >= 0.3 is 5.97 Å². The standard InChI is InChI=1S/C31H37NO3/c1-5-6-7-8-9-22-34-28-18-10-24(11-19-28)23-32-27-16-12-25(13-17-27)30(33)35-29-20-14-26(15-21-29)31(2,3)4/h10-21,23H,5-9,22H2,1-4H3. The van der Waals surface area contributed by atoms with Crippen LogP contribution in [-0.2, 0) is 5.41 Å². The maximum Gasteiger partial charge on any atom is 0.343 e. The van der Waals surface area contributed by atoms with Crippen LogP contribution in [0.1, 0.15) is 81.3 Å². The van der Waals surface area contributed by atoms with E-state index < -0.39 is 0 Å². The molecule has 0 fully saturated rings. The molecule has 3 aromatic rings. The second kappa shape index (κ2) is 12.9. The van der Waals surface area contributed by atoms with Gasteiger partial charge in [0.1, 0.15) is 11.5 Å². The minimum atomic E-state index is -0.384. The Morgan fingerprint density at radius 2 is 1.43 bits per heavy atom. The Kier molecular flexibility index (Phi) is 9.66. The molecule has 184 valence electrons. The number of hydrogen-bond acceptors (Lipinski definition) is 4. The highest BCUT2D eigenvalue weighted by Gasteiger charge is 2.14. The van der Waals surface area contributed by atoms with E-state index in [2.05, 4.69) is 32.7 Å². The maximum atomic E-state index is 12.5. The molecule has 0 unspecified atom stereocenters. The highest BCUT2D eigenvalue weighted by Crippen LogP contribution is 2.25. The van der Waals surface area contributed by atoms with Crippen LogP contribution in [0.5, 0.6) is 11.5 Å². The first-order valence-corrected chi connectivity index (χ1v) is 12.5. The number of rotatable bonds is 11. The Bertz CT molecular complexity index is 1080. The Labute approximate surface area is 210 Å². The molecule has 0 saturated carbocycles. The molecular formula is C31H37NO3. The predicted molar refractivity (Wildman–Crippen MR) is 144 cm³/mol. The fraction of sp³-hybridized carbons (Fsp3) is 0.355. The first kappa shape index (κ1) is 26.2. The van der Waals surface area contributed by atoms with E-state index in [1.54, 1.807) is 18.3 Å². The van der Waals surface area contributed by atoms with Crippen LogP contribution < -0.4 is 9.47 Å². The SMILES string of the molecule is CCCCCCCOc1ccc(C=Nc2ccc(C(=O)Oc3ccc(C(C)(C)C)cc3)cc2)cc1. The summed E-state index contributed by atoms with van der Waals surface area (Å²) >= 11 is 0. The first-order valence-electron chi connectivity index (χ1n) is 12.5. The minimum Gasteiger partial charge on any atom is -0.494 e. The van der Waals surface area contributed by atoms with E-state index in [0.717, 1.165) is 30.0 Å². The summed E-state index contributed by atoms with van der Waals surface area (Å²) in [6.07, 6.45) is 7.96. The summed E-state index contributed by atoms with van der Waals surface area (Å²) < 4.78 is 11.3. The Morgan fingerprint density at radius 1 is 0.800 bits per heavy atom. The Hall–Kier alpha value is -3.40. The molecule has 0 bridgehead atoms. The molecule has 0 aliphatic carbocycles. The summed E-state index contributed by atoms with van der Waals surface area (Å²) in [6.45, 7) is 9.44. The third-order valence-electron chi connectivity index (χ3n) is 5.79. The molecule has 0 aromatic heterocycles. The number of carbonyl (C=O) groups is 1. The molecule has 35 heavy (non-hydrogen) atoms. The number of hydrogen-bond donors (Lipinski definition) is 0. The first-order chi connectivity index (χ1) is 16.8. The summed E-state index contributed by atoms with van der Waals surface area (Å²) in [6, 6.07) is 22.7. The van der Waals surface area contributed by atoms with Gasteiger partial charge in [-0.2, -0.15) is 0 Å². The molecule has 0 heterocycles. The third-order valence-corrected chi connectivity index (χ3v) is 5.79. The lowest BCUT2D eigenvalue weighted by Crippen LogP contribution is -2.11.